The topological polar surface area (TPSA) is 98.1 Å². The van der Waals surface area contributed by atoms with E-state index in [1.807, 2.05) is 0 Å². The Hall–Kier alpha value is -2.02. The molecule has 0 aromatic heterocycles. The van der Waals surface area contributed by atoms with Crippen LogP contribution in [0.25, 0.3) is 0 Å². The number of aliphatic hydroxyl groups is 3. The molecule has 0 radical (unpaired) electrons. The molecule has 0 bridgehead atoms. The van der Waals surface area contributed by atoms with Gasteiger partial charge in [-0.15, -0.1) is 0 Å². The van der Waals surface area contributed by atoms with Crippen molar-refractivity contribution < 1.29 is 24.9 Å². The second-order valence-electron chi connectivity index (χ2n) is 6.23. The number of aliphatic hydroxyl groups excluding tert-OH is 1. The minimum Gasteiger partial charge on any atom is -0.395 e. The van der Waals surface area contributed by atoms with Crippen LogP contribution in [0.3, 0.4) is 0 Å². The Bertz CT molecular complexity index is 770. The minimum atomic E-state index is -2.29. The SMILES string of the molecule is O=C1CCCC2=C1C1(O)C(=O)c3ccccc3C1(O)N2CCO. The maximum absolute atomic E-state index is 12.9. The molecule has 1 aromatic carbocycles. The van der Waals surface area contributed by atoms with E-state index in [9.17, 15) is 24.9 Å². The average Bonchev–Trinajstić information content (AvgIpc) is 2.86. The van der Waals surface area contributed by atoms with E-state index in [-0.39, 0.29) is 42.1 Å². The van der Waals surface area contributed by atoms with Crippen LogP contribution in [0.15, 0.2) is 35.5 Å². The number of benzene rings is 1. The van der Waals surface area contributed by atoms with Gasteiger partial charge in [0.05, 0.1) is 12.2 Å². The highest BCUT2D eigenvalue weighted by Crippen LogP contribution is 2.58. The maximum Gasteiger partial charge on any atom is 0.210 e. The Morgan fingerprint density at radius 3 is 2.61 bits per heavy atom. The molecule has 0 saturated heterocycles. The van der Waals surface area contributed by atoms with E-state index in [4.69, 9.17) is 0 Å². The zero-order valence-corrected chi connectivity index (χ0v) is 12.5. The van der Waals surface area contributed by atoms with Gasteiger partial charge in [-0.3, -0.25) is 9.59 Å². The van der Waals surface area contributed by atoms with Gasteiger partial charge in [-0.2, -0.15) is 0 Å². The normalized spacial score (nSPS) is 32.2. The standard InChI is InChI=1S/C17H17NO5/c19-9-8-18-12-6-3-7-13(20)14(12)16(22)15(21)10-4-1-2-5-11(10)17(16,18)23/h1-2,4-5,19,22-23H,3,6-9H2. The lowest BCUT2D eigenvalue weighted by molar-refractivity contribution is -0.173. The van der Waals surface area contributed by atoms with Crippen LogP contribution < -0.4 is 0 Å². The summed E-state index contributed by atoms with van der Waals surface area (Å²) in [6, 6.07) is 6.44. The van der Waals surface area contributed by atoms with Gasteiger partial charge in [0.2, 0.25) is 17.1 Å². The number of rotatable bonds is 2. The lowest BCUT2D eigenvalue weighted by atomic mass is 9.80. The number of fused-ring (bicyclic) bond motifs is 4. The number of β-amino-alcohol motifs (C(OH)–C–C–N with tert-alkyl or cyclic N) is 1. The first-order valence-corrected chi connectivity index (χ1v) is 7.72. The summed E-state index contributed by atoms with van der Waals surface area (Å²) in [5, 5.41) is 32.0. The van der Waals surface area contributed by atoms with Gasteiger partial charge in [0.1, 0.15) is 0 Å². The summed E-state index contributed by atoms with van der Waals surface area (Å²) < 4.78 is 0. The highest BCUT2D eigenvalue weighted by molar-refractivity contribution is 6.18. The molecular formula is C17H17NO5. The second-order valence-corrected chi connectivity index (χ2v) is 6.23. The van der Waals surface area contributed by atoms with E-state index in [0.717, 1.165) is 0 Å². The number of carbonyl (C=O) groups excluding carboxylic acids is 2. The molecule has 1 aromatic rings. The molecule has 4 rings (SSSR count). The number of nitrogens with zero attached hydrogens (tertiary/aromatic N) is 1. The molecule has 23 heavy (non-hydrogen) atoms. The van der Waals surface area contributed by atoms with Crippen LogP contribution >= 0.6 is 0 Å². The van der Waals surface area contributed by atoms with E-state index in [2.05, 4.69) is 0 Å². The van der Waals surface area contributed by atoms with Crippen LogP contribution in [0, 0.1) is 0 Å². The number of carbonyl (C=O) groups is 2. The fourth-order valence-corrected chi connectivity index (χ4v) is 4.26. The number of hydrogen-bond acceptors (Lipinski definition) is 6. The third kappa shape index (κ3) is 1.44. The molecule has 0 saturated carbocycles. The third-order valence-corrected chi connectivity index (χ3v) is 5.17. The number of hydrogen-bond donors (Lipinski definition) is 3. The van der Waals surface area contributed by atoms with Crippen molar-refractivity contribution in [1.82, 2.24) is 4.90 Å². The van der Waals surface area contributed by atoms with Crippen LogP contribution in [-0.4, -0.2) is 50.5 Å². The molecule has 120 valence electrons. The molecule has 3 aliphatic rings. The van der Waals surface area contributed by atoms with Crippen molar-refractivity contribution in [1.29, 1.82) is 0 Å². The van der Waals surface area contributed by atoms with Crippen molar-refractivity contribution in [2.75, 3.05) is 13.2 Å². The largest absolute Gasteiger partial charge is 0.395 e. The molecule has 3 N–H and O–H groups in total. The van der Waals surface area contributed by atoms with E-state index in [1.54, 1.807) is 18.2 Å². The Balaban J connectivity index is 2.04. The lowest BCUT2D eigenvalue weighted by Gasteiger charge is -2.40. The fraction of sp³-hybridized carbons (Fsp3) is 0.412. The summed E-state index contributed by atoms with van der Waals surface area (Å²) in [4.78, 5) is 26.7. The highest BCUT2D eigenvalue weighted by atomic mass is 16.4. The Kier molecular flexibility index (Phi) is 2.85. The average molecular weight is 315 g/mol. The third-order valence-electron chi connectivity index (χ3n) is 5.17. The first-order chi connectivity index (χ1) is 11.0. The molecule has 6 nitrogen and oxygen atoms in total. The van der Waals surface area contributed by atoms with Crippen LogP contribution in [0.4, 0.5) is 0 Å². The molecule has 2 unspecified atom stereocenters. The molecule has 0 fully saturated rings. The van der Waals surface area contributed by atoms with Gasteiger partial charge >= 0.3 is 0 Å². The van der Waals surface area contributed by atoms with E-state index < -0.39 is 17.1 Å². The fourth-order valence-electron chi connectivity index (χ4n) is 4.26. The van der Waals surface area contributed by atoms with Gasteiger partial charge in [-0.05, 0) is 12.8 Å². The van der Waals surface area contributed by atoms with E-state index in [1.165, 1.54) is 11.0 Å². The van der Waals surface area contributed by atoms with Crippen molar-refractivity contribution in [3.8, 4) is 0 Å². The van der Waals surface area contributed by atoms with Crippen LogP contribution in [0.1, 0.15) is 35.2 Å². The molecule has 2 aliphatic carbocycles. The van der Waals surface area contributed by atoms with Gasteiger partial charge in [-0.1, -0.05) is 24.3 Å². The highest BCUT2D eigenvalue weighted by Gasteiger charge is 2.73. The molecular weight excluding hydrogens is 298 g/mol. The van der Waals surface area contributed by atoms with Gasteiger partial charge in [0.15, 0.2) is 5.78 Å². The Labute approximate surface area is 132 Å². The van der Waals surface area contributed by atoms with Gasteiger partial charge < -0.3 is 20.2 Å². The quantitative estimate of drug-likeness (QED) is 0.715. The van der Waals surface area contributed by atoms with Crippen LogP contribution in [-0.2, 0) is 10.5 Å². The van der Waals surface area contributed by atoms with Gasteiger partial charge in [-0.25, -0.2) is 0 Å². The molecule has 0 spiro atoms. The predicted molar refractivity (Wildman–Crippen MR) is 79.3 cm³/mol. The zero-order valence-electron chi connectivity index (χ0n) is 12.5. The molecule has 2 atom stereocenters. The van der Waals surface area contributed by atoms with Crippen LogP contribution in [0.2, 0.25) is 0 Å². The molecule has 1 aliphatic heterocycles. The minimum absolute atomic E-state index is 0.000833. The Morgan fingerprint density at radius 1 is 1.13 bits per heavy atom. The number of ketones is 2. The summed E-state index contributed by atoms with van der Waals surface area (Å²) >= 11 is 0. The van der Waals surface area contributed by atoms with Gasteiger partial charge in [0.25, 0.3) is 0 Å². The van der Waals surface area contributed by atoms with Crippen molar-refractivity contribution in [2.24, 2.45) is 0 Å². The lowest BCUT2D eigenvalue weighted by Crippen LogP contribution is -2.58. The summed E-state index contributed by atoms with van der Waals surface area (Å²) in [5.74, 6) is -0.965. The van der Waals surface area contributed by atoms with Crippen molar-refractivity contribution in [2.45, 2.75) is 30.6 Å². The monoisotopic (exact) mass is 315 g/mol. The molecule has 1 heterocycles. The summed E-state index contributed by atoms with van der Waals surface area (Å²) in [7, 11) is 0. The number of Topliss-reactive ketones (excluding diaryl/α,β-unsaturated/α-hetero) is 2. The van der Waals surface area contributed by atoms with E-state index >= 15 is 0 Å². The summed E-state index contributed by atoms with van der Waals surface area (Å²) in [6.07, 6.45) is 1.33. The maximum atomic E-state index is 12.9. The first-order valence-electron chi connectivity index (χ1n) is 7.72. The second kappa shape index (κ2) is 4.50. The van der Waals surface area contributed by atoms with Crippen molar-refractivity contribution in [3.63, 3.8) is 0 Å². The smallest absolute Gasteiger partial charge is 0.210 e. The van der Waals surface area contributed by atoms with Crippen molar-refractivity contribution in [3.05, 3.63) is 46.7 Å². The van der Waals surface area contributed by atoms with Crippen molar-refractivity contribution >= 4 is 11.6 Å². The molecule has 6 heteroatoms. The summed E-state index contributed by atoms with van der Waals surface area (Å²) in [5.41, 5.74) is -3.36. The van der Waals surface area contributed by atoms with Gasteiger partial charge in [0, 0.05) is 29.8 Å². The van der Waals surface area contributed by atoms with E-state index in [0.29, 0.717) is 18.5 Å². The first kappa shape index (κ1) is 14.6. The number of allylic oxidation sites excluding steroid dienone is 1. The predicted octanol–water partition coefficient (Wildman–Crippen LogP) is 0.0741. The zero-order chi connectivity index (χ0) is 16.4. The van der Waals surface area contributed by atoms with Crippen LogP contribution in [0.5, 0.6) is 0 Å². The summed E-state index contributed by atoms with van der Waals surface area (Å²) in [6.45, 7) is -0.230. The Morgan fingerprint density at radius 2 is 1.87 bits per heavy atom. The molecule has 0 amide bonds.